The van der Waals surface area contributed by atoms with Crippen molar-refractivity contribution >= 4 is 27.5 Å². The molecule has 1 saturated heterocycles. The van der Waals surface area contributed by atoms with Crippen LogP contribution in [0.25, 0.3) is 32.9 Å². The van der Waals surface area contributed by atoms with Crippen molar-refractivity contribution in [2.24, 2.45) is 0 Å². The van der Waals surface area contributed by atoms with Crippen LogP contribution in [0.15, 0.2) is 36.8 Å². The molecule has 0 atom stereocenters. The number of fused-ring (bicyclic) bond motifs is 2. The molecule has 2 aromatic carbocycles. The number of pyridine rings is 1. The molecule has 4 aromatic rings. The van der Waals surface area contributed by atoms with Crippen LogP contribution < -0.4 is 4.90 Å². The molecule has 0 unspecified atom stereocenters. The van der Waals surface area contributed by atoms with Crippen molar-refractivity contribution in [3.05, 3.63) is 54.0 Å². The van der Waals surface area contributed by atoms with Gasteiger partial charge in [0.2, 0.25) is 0 Å². The number of hydrogen-bond acceptors (Lipinski definition) is 6. The fraction of sp³-hybridized carbons (Fsp3) is 0.208. The van der Waals surface area contributed by atoms with Gasteiger partial charge in [0.15, 0.2) is 5.82 Å². The molecule has 1 aliphatic heterocycles. The predicted molar refractivity (Wildman–Crippen MR) is 117 cm³/mol. The molecule has 0 bridgehead atoms. The van der Waals surface area contributed by atoms with Crippen molar-refractivity contribution in [2.45, 2.75) is 6.42 Å². The summed E-state index contributed by atoms with van der Waals surface area (Å²) in [7, 11) is 0. The Hall–Kier alpha value is -3.83. The van der Waals surface area contributed by atoms with E-state index < -0.39 is 11.6 Å². The van der Waals surface area contributed by atoms with E-state index in [0.717, 1.165) is 13.0 Å². The van der Waals surface area contributed by atoms with Gasteiger partial charge in [-0.2, -0.15) is 0 Å². The van der Waals surface area contributed by atoms with Crippen molar-refractivity contribution in [2.75, 3.05) is 31.2 Å². The quantitative estimate of drug-likeness (QED) is 0.482. The topological polar surface area (TPSA) is 71.4 Å². The number of benzene rings is 2. The summed E-state index contributed by atoms with van der Waals surface area (Å²) in [5, 5.41) is 11.4. The van der Waals surface area contributed by atoms with E-state index in [2.05, 4.69) is 20.9 Å². The average Bonchev–Trinajstić information content (AvgIpc) is 3.08. The maximum Gasteiger partial charge on any atom is 0.175 e. The van der Waals surface area contributed by atoms with E-state index in [1.807, 2.05) is 4.90 Å². The molecule has 5 rings (SSSR count). The summed E-state index contributed by atoms with van der Waals surface area (Å²) in [6.45, 7) is 2.55. The fourth-order valence-corrected chi connectivity index (χ4v) is 4.13. The number of aromatic nitrogens is 3. The fourth-order valence-electron chi connectivity index (χ4n) is 4.13. The highest BCUT2D eigenvalue weighted by Crippen LogP contribution is 2.38. The van der Waals surface area contributed by atoms with Crippen LogP contribution in [0.5, 0.6) is 5.75 Å². The first kappa shape index (κ1) is 20.1. The second-order valence-corrected chi connectivity index (χ2v) is 7.49. The van der Waals surface area contributed by atoms with Gasteiger partial charge in [-0.25, -0.2) is 18.7 Å². The summed E-state index contributed by atoms with van der Waals surface area (Å²) in [6.07, 6.45) is 9.18. The molecule has 6 nitrogen and oxygen atoms in total. The third kappa shape index (κ3) is 3.27. The smallest absolute Gasteiger partial charge is 0.175 e. The van der Waals surface area contributed by atoms with E-state index >= 15 is 4.39 Å². The zero-order valence-electron chi connectivity index (χ0n) is 17.0. The number of ether oxygens (including phenoxy) is 1. The Morgan fingerprint density at radius 3 is 2.81 bits per heavy atom. The zero-order valence-corrected chi connectivity index (χ0v) is 17.0. The van der Waals surface area contributed by atoms with E-state index in [1.165, 1.54) is 36.8 Å². The Labute approximate surface area is 182 Å². The third-order valence-electron chi connectivity index (χ3n) is 5.57. The molecule has 32 heavy (non-hydrogen) atoms. The van der Waals surface area contributed by atoms with E-state index in [-0.39, 0.29) is 28.1 Å². The highest BCUT2D eigenvalue weighted by molar-refractivity contribution is 6.02. The molecule has 0 amide bonds. The number of rotatable bonds is 2. The van der Waals surface area contributed by atoms with Crippen LogP contribution >= 0.6 is 0 Å². The Morgan fingerprint density at radius 2 is 1.97 bits per heavy atom. The van der Waals surface area contributed by atoms with Gasteiger partial charge in [-0.05, 0) is 30.0 Å². The third-order valence-corrected chi connectivity index (χ3v) is 5.57. The summed E-state index contributed by atoms with van der Waals surface area (Å²) < 4.78 is 35.7. The highest BCUT2D eigenvalue weighted by Gasteiger charge is 2.22. The Morgan fingerprint density at radius 1 is 1.09 bits per heavy atom. The van der Waals surface area contributed by atoms with Gasteiger partial charge in [0.05, 0.1) is 17.6 Å². The lowest BCUT2D eigenvalue weighted by Gasteiger charge is -2.22. The van der Waals surface area contributed by atoms with E-state index in [4.69, 9.17) is 11.2 Å². The molecular weight excluding hydrogens is 414 g/mol. The number of phenols is 1. The molecule has 8 heteroatoms. The number of anilines is 1. The monoisotopic (exact) mass is 432 g/mol. The van der Waals surface area contributed by atoms with Crippen molar-refractivity contribution < 1.29 is 18.6 Å². The molecule has 1 fully saturated rings. The van der Waals surface area contributed by atoms with Crippen molar-refractivity contribution in [1.29, 1.82) is 0 Å². The second-order valence-electron chi connectivity index (χ2n) is 7.49. The lowest BCUT2D eigenvalue weighted by atomic mass is 9.96. The molecule has 3 heterocycles. The molecule has 0 radical (unpaired) electrons. The van der Waals surface area contributed by atoms with Crippen LogP contribution in [-0.4, -0.2) is 46.4 Å². The SMILES string of the molecule is C#Cc1c(F)ccc2cc(O)cc(-c3ncc4c(N5CCCOCC5)ncnc4c3F)c12. The molecule has 0 spiro atoms. The van der Waals surface area contributed by atoms with Gasteiger partial charge >= 0.3 is 0 Å². The summed E-state index contributed by atoms with van der Waals surface area (Å²) in [4.78, 5) is 14.9. The van der Waals surface area contributed by atoms with E-state index in [1.54, 1.807) is 0 Å². The zero-order chi connectivity index (χ0) is 22.2. The van der Waals surface area contributed by atoms with Gasteiger partial charge in [-0.15, -0.1) is 6.42 Å². The van der Waals surface area contributed by atoms with Crippen LogP contribution in [-0.2, 0) is 4.74 Å². The van der Waals surface area contributed by atoms with Crippen LogP contribution in [0, 0.1) is 24.0 Å². The van der Waals surface area contributed by atoms with Crippen molar-refractivity contribution in [1.82, 2.24) is 15.0 Å². The number of phenolic OH excluding ortho intramolecular Hbond substituents is 1. The van der Waals surface area contributed by atoms with Crippen molar-refractivity contribution in [3.8, 4) is 29.4 Å². The summed E-state index contributed by atoms with van der Waals surface area (Å²) >= 11 is 0. The maximum absolute atomic E-state index is 15.8. The van der Waals surface area contributed by atoms with Crippen LogP contribution in [0.4, 0.5) is 14.6 Å². The molecule has 0 aliphatic carbocycles. The minimum absolute atomic E-state index is 0.0215. The number of hydrogen-bond donors (Lipinski definition) is 1. The first-order chi connectivity index (χ1) is 15.6. The molecule has 160 valence electrons. The van der Waals surface area contributed by atoms with Crippen LogP contribution in [0.1, 0.15) is 12.0 Å². The Kier molecular flexibility index (Phi) is 5.04. The summed E-state index contributed by atoms with van der Waals surface area (Å²) in [5.74, 6) is 1.49. The van der Waals surface area contributed by atoms with Gasteiger partial charge < -0.3 is 14.7 Å². The Bertz CT molecular complexity index is 1390. The number of nitrogens with zero attached hydrogens (tertiary/aromatic N) is 4. The average molecular weight is 432 g/mol. The minimum atomic E-state index is -0.698. The van der Waals surface area contributed by atoms with E-state index in [9.17, 15) is 9.50 Å². The first-order valence-corrected chi connectivity index (χ1v) is 10.1. The Balaban J connectivity index is 1.75. The largest absolute Gasteiger partial charge is 0.508 e. The van der Waals surface area contributed by atoms with Gasteiger partial charge in [0.1, 0.15) is 34.9 Å². The minimum Gasteiger partial charge on any atom is -0.508 e. The van der Waals surface area contributed by atoms with Gasteiger partial charge in [0.25, 0.3) is 0 Å². The normalized spacial score (nSPS) is 14.5. The van der Waals surface area contributed by atoms with Gasteiger partial charge in [0, 0.05) is 36.8 Å². The molecule has 1 N–H and O–H groups in total. The highest BCUT2D eigenvalue weighted by atomic mass is 19.1. The van der Waals surface area contributed by atoms with Crippen LogP contribution in [0.2, 0.25) is 0 Å². The number of aromatic hydroxyl groups is 1. The predicted octanol–water partition coefficient (Wildman–Crippen LogP) is 4.04. The second kappa shape index (κ2) is 8.02. The van der Waals surface area contributed by atoms with E-state index in [0.29, 0.717) is 41.7 Å². The summed E-state index contributed by atoms with van der Waals surface area (Å²) in [5.41, 5.74) is 0.173. The molecule has 0 saturated carbocycles. The summed E-state index contributed by atoms with van der Waals surface area (Å²) in [6, 6.07) is 5.47. The lowest BCUT2D eigenvalue weighted by Crippen LogP contribution is -2.27. The van der Waals surface area contributed by atoms with Crippen molar-refractivity contribution in [3.63, 3.8) is 0 Å². The van der Waals surface area contributed by atoms with Gasteiger partial charge in [-0.3, -0.25) is 4.98 Å². The molecule has 2 aromatic heterocycles. The molecule has 1 aliphatic rings. The number of terminal acetylenes is 1. The van der Waals surface area contributed by atoms with Gasteiger partial charge in [-0.1, -0.05) is 12.0 Å². The lowest BCUT2D eigenvalue weighted by molar-refractivity contribution is 0.152. The first-order valence-electron chi connectivity index (χ1n) is 10.1. The number of halogens is 2. The maximum atomic E-state index is 15.8. The standard InChI is InChI=1S/C24H18F2N4O2/c1-2-16-19(25)5-4-14-10-15(31)11-17(20(14)16)22-21(26)23-18(12-27-22)24(29-13-28-23)30-6-3-8-32-9-7-30/h1,4-5,10-13,31H,3,6-9H2. The van der Waals surface area contributed by atoms with Crippen LogP contribution in [0.3, 0.4) is 0 Å². The molecular formula is C24H18F2N4O2.